The highest BCUT2D eigenvalue weighted by Crippen LogP contribution is 2.31. The van der Waals surface area contributed by atoms with Gasteiger partial charge in [-0.1, -0.05) is 13.3 Å². The van der Waals surface area contributed by atoms with Crippen LogP contribution in [0.3, 0.4) is 0 Å². The molecule has 1 saturated carbocycles. The molecule has 64 valence electrons. The molecule has 2 atom stereocenters. The lowest BCUT2D eigenvalue weighted by Crippen LogP contribution is -2.30. The number of carbonyl (C=O) groups excluding carboxylic acids is 1. The molecule has 1 amide bonds. The maximum absolute atomic E-state index is 11.5. The zero-order valence-electron chi connectivity index (χ0n) is 7.63. The van der Waals surface area contributed by atoms with E-state index in [9.17, 15) is 4.79 Å². The van der Waals surface area contributed by atoms with Crippen LogP contribution in [0.5, 0.6) is 0 Å². The third-order valence-electron chi connectivity index (χ3n) is 2.62. The van der Waals surface area contributed by atoms with Gasteiger partial charge in [-0.25, -0.2) is 0 Å². The monoisotopic (exact) mass is 155 g/mol. The summed E-state index contributed by atoms with van der Waals surface area (Å²) >= 11 is 0. The molecule has 1 fully saturated rings. The predicted octanol–water partition coefficient (Wildman–Crippen LogP) is 1.51. The topological polar surface area (TPSA) is 20.3 Å². The van der Waals surface area contributed by atoms with E-state index in [1.54, 1.807) is 4.90 Å². The van der Waals surface area contributed by atoms with Crippen molar-refractivity contribution in [2.75, 3.05) is 14.1 Å². The molecule has 0 aromatic carbocycles. The molecule has 0 radical (unpaired) electrons. The van der Waals surface area contributed by atoms with E-state index < -0.39 is 0 Å². The van der Waals surface area contributed by atoms with Crippen molar-refractivity contribution < 1.29 is 4.79 Å². The molecule has 0 aliphatic heterocycles. The second-order valence-corrected chi connectivity index (χ2v) is 3.75. The zero-order valence-corrected chi connectivity index (χ0v) is 7.63. The summed E-state index contributed by atoms with van der Waals surface area (Å²) in [5, 5.41) is 0. The van der Waals surface area contributed by atoms with Gasteiger partial charge in [0, 0.05) is 20.0 Å². The fourth-order valence-electron chi connectivity index (χ4n) is 1.84. The van der Waals surface area contributed by atoms with Crippen LogP contribution in [0.25, 0.3) is 0 Å². The van der Waals surface area contributed by atoms with Gasteiger partial charge in [0.15, 0.2) is 0 Å². The van der Waals surface area contributed by atoms with Crippen molar-refractivity contribution in [3.63, 3.8) is 0 Å². The number of rotatable bonds is 1. The van der Waals surface area contributed by atoms with Crippen LogP contribution in [0.4, 0.5) is 0 Å². The van der Waals surface area contributed by atoms with E-state index in [2.05, 4.69) is 6.92 Å². The first-order valence-electron chi connectivity index (χ1n) is 4.34. The van der Waals surface area contributed by atoms with Gasteiger partial charge < -0.3 is 4.90 Å². The number of nitrogens with zero attached hydrogens (tertiary/aromatic N) is 1. The van der Waals surface area contributed by atoms with E-state index in [-0.39, 0.29) is 0 Å². The Balaban J connectivity index is 2.53. The van der Waals surface area contributed by atoms with Gasteiger partial charge in [-0.3, -0.25) is 4.79 Å². The molecule has 1 aliphatic carbocycles. The minimum Gasteiger partial charge on any atom is -0.349 e. The summed E-state index contributed by atoms with van der Waals surface area (Å²) in [6, 6.07) is 0. The zero-order chi connectivity index (χ0) is 8.43. The van der Waals surface area contributed by atoms with E-state index >= 15 is 0 Å². The quantitative estimate of drug-likeness (QED) is 0.562. The minimum absolute atomic E-state index is 0.310. The van der Waals surface area contributed by atoms with Crippen molar-refractivity contribution in [3.05, 3.63) is 0 Å². The van der Waals surface area contributed by atoms with Crippen molar-refractivity contribution in [3.8, 4) is 0 Å². The molecule has 0 heterocycles. The van der Waals surface area contributed by atoms with Crippen molar-refractivity contribution in [2.45, 2.75) is 26.2 Å². The Morgan fingerprint density at radius 3 is 2.36 bits per heavy atom. The Morgan fingerprint density at radius 2 is 2.00 bits per heavy atom. The number of carbonyl (C=O) groups is 1. The van der Waals surface area contributed by atoms with Crippen LogP contribution in [0.2, 0.25) is 0 Å². The molecule has 2 heteroatoms. The first kappa shape index (κ1) is 8.57. The van der Waals surface area contributed by atoms with Crippen molar-refractivity contribution in [1.29, 1.82) is 0 Å². The number of hydrogen-bond acceptors (Lipinski definition) is 1. The molecule has 0 saturated heterocycles. The smallest absolute Gasteiger partial charge is 0.225 e. The van der Waals surface area contributed by atoms with Crippen LogP contribution in [0.15, 0.2) is 0 Å². The molecule has 11 heavy (non-hydrogen) atoms. The van der Waals surface area contributed by atoms with Crippen LogP contribution in [0, 0.1) is 11.8 Å². The lowest BCUT2D eigenvalue weighted by Gasteiger charge is -2.19. The molecular weight excluding hydrogens is 138 g/mol. The van der Waals surface area contributed by atoms with Crippen molar-refractivity contribution in [1.82, 2.24) is 4.90 Å². The summed E-state index contributed by atoms with van der Waals surface area (Å²) in [4.78, 5) is 13.2. The number of hydrogen-bond donors (Lipinski definition) is 0. The second kappa shape index (κ2) is 3.24. The first-order chi connectivity index (χ1) is 5.13. The fraction of sp³-hybridized carbons (Fsp3) is 0.889. The fourth-order valence-corrected chi connectivity index (χ4v) is 1.84. The highest BCUT2D eigenvalue weighted by atomic mass is 16.2. The molecule has 0 spiro atoms. The molecule has 2 nitrogen and oxygen atoms in total. The van der Waals surface area contributed by atoms with Crippen LogP contribution in [0.1, 0.15) is 26.2 Å². The highest BCUT2D eigenvalue weighted by molar-refractivity contribution is 5.78. The Hall–Kier alpha value is -0.530. The molecule has 0 unspecified atom stereocenters. The SMILES string of the molecule is C[C@@H]1CCC[C@@H]1C(=O)N(C)C. The summed E-state index contributed by atoms with van der Waals surface area (Å²) < 4.78 is 0. The van der Waals surface area contributed by atoms with E-state index in [0.29, 0.717) is 17.7 Å². The van der Waals surface area contributed by atoms with Gasteiger partial charge in [0.2, 0.25) is 5.91 Å². The molecule has 0 N–H and O–H groups in total. The second-order valence-electron chi connectivity index (χ2n) is 3.75. The van der Waals surface area contributed by atoms with Gasteiger partial charge in [-0.15, -0.1) is 0 Å². The average molecular weight is 155 g/mol. The lowest BCUT2D eigenvalue weighted by atomic mass is 9.97. The molecule has 1 aliphatic rings. The Morgan fingerprint density at radius 1 is 1.36 bits per heavy atom. The number of amides is 1. The largest absolute Gasteiger partial charge is 0.349 e. The Bertz CT molecular complexity index is 154. The summed E-state index contributed by atoms with van der Waals surface area (Å²) in [7, 11) is 3.68. The third-order valence-corrected chi connectivity index (χ3v) is 2.62. The minimum atomic E-state index is 0.310. The van der Waals surface area contributed by atoms with Crippen LogP contribution < -0.4 is 0 Å². The standard InChI is InChI=1S/C9H17NO/c1-7-5-4-6-8(7)9(11)10(2)3/h7-8H,4-6H2,1-3H3/t7-,8+/m1/s1. The van der Waals surface area contributed by atoms with Gasteiger partial charge in [0.1, 0.15) is 0 Å². The van der Waals surface area contributed by atoms with Crippen molar-refractivity contribution in [2.24, 2.45) is 11.8 Å². The van der Waals surface area contributed by atoms with E-state index in [1.807, 2.05) is 14.1 Å². The van der Waals surface area contributed by atoms with E-state index in [0.717, 1.165) is 6.42 Å². The molecule has 0 bridgehead atoms. The van der Waals surface area contributed by atoms with Crippen LogP contribution >= 0.6 is 0 Å². The van der Waals surface area contributed by atoms with Crippen LogP contribution in [-0.2, 0) is 4.79 Å². The van der Waals surface area contributed by atoms with Gasteiger partial charge in [0.25, 0.3) is 0 Å². The molecule has 1 rings (SSSR count). The van der Waals surface area contributed by atoms with Crippen molar-refractivity contribution >= 4 is 5.91 Å². The lowest BCUT2D eigenvalue weighted by molar-refractivity contribution is -0.133. The highest BCUT2D eigenvalue weighted by Gasteiger charge is 2.30. The van der Waals surface area contributed by atoms with Gasteiger partial charge in [0.05, 0.1) is 0 Å². The Labute approximate surface area is 68.6 Å². The summed E-state index contributed by atoms with van der Waals surface area (Å²) in [5.41, 5.74) is 0. The Kier molecular flexibility index (Phi) is 2.53. The van der Waals surface area contributed by atoms with Gasteiger partial charge in [-0.2, -0.15) is 0 Å². The normalized spacial score (nSPS) is 30.5. The molecular formula is C9H17NO. The molecule has 0 aromatic heterocycles. The maximum Gasteiger partial charge on any atom is 0.225 e. The summed E-state index contributed by atoms with van der Waals surface area (Å²) in [5.74, 6) is 1.23. The summed E-state index contributed by atoms with van der Waals surface area (Å²) in [6.07, 6.45) is 3.55. The van der Waals surface area contributed by atoms with Crippen LogP contribution in [-0.4, -0.2) is 24.9 Å². The van der Waals surface area contributed by atoms with E-state index in [4.69, 9.17) is 0 Å². The van der Waals surface area contributed by atoms with E-state index in [1.165, 1.54) is 12.8 Å². The predicted molar refractivity (Wildman–Crippen MR) is 45.2 cm³/mol. The van der Waals surface area contributed by atoms with Gasteiger partial charge >= 0.3 is 0 Å². The van der Waals surface area contributed by atoms with Gasteiger partial charge in [-0.05, 0) is 18.8 Å². The maximum atomic E-state index is 11.5. The average Bonchev–Trinajstić information content (AvgIpc) is 2.33. The summed E-state index contributed by atoms with van der Waals surface area (Å²) in [6.45, 7) is 2.18. The third kappa shape index (κ3) is 1.73. The molecule has 0 aromatic rings. The first-order valence-corrected chi connectivity index (χ1v) is 4.34.